The molecule has 132 valence electrons. The zero-order valence-corrected chi connectivity index (χ0v) is 14.6. The lowest BCUT2D eigenvalue weighted by Crippen LogP contribution is -2.30. The summed E-state index contributed by atoms with van der Waals surface area (Å²) in [6.45, 7) is 3.89. The van der Waals surface area contributed by atoms with Gasteiger partial charge in [0.25, 0.3) is 5.91 Å². The van der Waals surface area contributed by atoms with Crippen LogP contribution in [-0.2, 0) is 24.3 Å². The van der Waals surface area contributed by atoms with Crippen LogP contribution in [0.3, 0.4) is 0 Å². The van der Waals surface area contributed by atoms with Gasteiger partial charge in [-0.2, -0.15) is 4.31 Å². The van der Waals surface area contributed by atoms with E-state index in [1.165, 1.54) is 16.4 Å². The second kappa shape index (κ2) is 7.76. The Balaban J connectivity index is 2.01. The normalized spacial score (nSPS) is 14.5. The highest BCUT2D eigenvalue weighted by Gasteiger charge is 2.31. The molecule has 1 amide bonds. The number of anilines is 1. The predicted molar refractivity (Wildman–Crippen MR) is 88.9 cm³/mol. The summed E-state index contributed by atoms with van der Waals surface area (Å²) in [7, 11) is -3.59. The van der Waals surface area contributed by atoms with Crippen molar-refractivity contribution in [2.24, 2.45) is 5.92 Å². The number of carbonyl (C=O) groups excluding carboxylic acids is 2. The van der Waals surface area contributed by atoms with Crippen molar-refractivity contribution in [3.8, 4) is 0 Å². The van der Waals surface area contributed by atoms with Crippen LogP contribution in [0.2, 0.25) is 0 Å². The molecule has 7 nitrogen and oxygen atoms in total. The maximum absolute atomic E-state index is 12.5. The van der Waals surface area contributed by atoms with Crippen molar-refractivity contribution in [2.45, 2.75) is 31.6 Å². The molecule has 1 aromatic rings. The summed E-state index contributed by atoms with van der Waals surface area (Å²) in [4.78, 5) is 23.3. The standard InChI is InChI=1S/C16H22N2O5S/c1-3-18(4-2)24(21,22)14-7-5-6-13(10-14)17-15(19)11-23-16(20)12-8-9-12/h5-7,10,12H,3-4,8-9,11H2,1-2H3,(H,17,19). The first-order valence-electron chi connectivity index (χ1n) is 7.95. The molecule has 1 fully saturated rings. The van der Waals surface area contributed by atoms with Crippen LogP contribution < -0.4 is 5.32 Å². The average Bonchev–Trinajstić information content (AvgIpc) is 3.39. The minimum absolute atomic E-state index is 0.0691. The lowest BCUT2D eigenvalue weighted by Gasteiger charge is -2.18. The van der Waals surface area contributed by atoms with E-state index >= 15 is 0 Å². The van der Waals surface area contributed by atoms with Crippen LogP contribution in [0.25, 0.3) is 0 Å². The first-order valence-corrected chi connectivity index (χ1v) is 9.39. The van der Waals surface area contributed by atoms with Gasteiger partial charge in [0, 0.05) is 18.8 Å². The van der Waals surface area contributed by atoms with Crippen molar-refractivity contribution >= 4 is 27.6 Å². The monoisotopic (exact) mass is 354 g/mol. The molecule has 0 atom stereocenters. The van der Waals surface area contributed by atoms with Crippen molar-refractivity contribution in [3.05, 3.63) is 24.3 Å². The second-order valence-electron chi connectivity index (χ2n) is 5.55. The SMILES string of the molecule is CCN(CC)S(=O)(=O)c1cccc(NC(=O)COC(=O)C2CC2)c1. The quantitative estimate of drug-likeness (QED) is 0.716. The Kier molecular flexibility index (Phi) is 5.95. The zero-order valence-electron chi connectivity index (χ0n) is 13.8. The highest BCUT2D eigenvalue weighted by molar-refractivity contribution is 7.89. The number of hydrogen-bond acceptors (Lipinski definition) is 5. The first kappa shape index (κ1) is 18.4. The number of rotatable bonds is 8. The van der Waals surface area contributed by atoms with Gasteiger partial charge in [-0.1, -0.05) is 19.9 Å². The number of benzene rings is 1. The summed E-state index contributed by atoms with van der Waals surface area (Å²) in [6, 6.07) is 6.02. The fourth-order valence-electron chi connectivity index (χ4n) is 2.22. The first-order chi connectivity index (χ1) is 11.4. The number of sulfonamides is 1. The van der Waals surface area contributed by atoms with E-state index in [4.69, 9.17) is 4.74 Å². The van der Waals surface area contributed by atoms with E-state index in [-0.39, 0.29) is 23.4 Å². The van der Waals surface area contributed by atoms with E-state index in [1.807, 2.05) is 0 Å². The molecule has 1 saturated carbocycles. The number of hydrogen-bond donors (Lipinski definition) is 1. The van der Waals surface area contributed by atoms with Crippen LogP contribution in [0.1, 0.15) is 26.7 Å². The zero-order chi connectivity index (χ0) is 17.7. The van der Waals surface area contributed by atoms with Gasteiger partial charge in [0.15, 0.2) is 6.61 Å². The Morgan fingerprint density at radius 2 is 1.92 bits per heavy atom. The maximum Gasteiger partial charge on any atom is 0.309 e. The molecule has 8 heteroatoms. The number of nitrogens with one attached hydrogen (secondary N) is 1. The third-order valence-electron chi connectivity index (χ3n) is 3.72. The van der Waals surface area contributed by atoms with Gasteiger partial charge in [-0.25, -0.2) is 8.42 Å². The largest absolute Gasteiger partial charge is 0.455 e. The molecule has 1 aromatic carbocycles. The molecule has 0 spiro atoms. The fourth-order valence-corrected chi connectivity index (χ4v) is 3.72. The number of amides is 1. The summed E-state index contributed by atoms with van der Waals surface area (Å²) in [5.74, 6) is -0.926. The van der Waals surface area contributed by atoms with Gasteiger partial charge < -0.3 is 10.1 Å². The van der Waals surface area contributed by atoms with Gasteiger partial charge in [-0.05, 0) is 31.0 Å². The second-order valence-corrected chi connectivity index (χ2v) is 7.49. The minimum Gasteiger partial charge on any atom is -0.455 e. The minimum atomic E-state index is -3.59. The highest BCUT2D eigenvalue weighted by atomic mass is 32.2. The molecule has 2 rings (SSSR count). The summed E-state index contributed by atoms with van der Waals surface area (Å²) in [6.07, 6.45) is 1.62. The number of nitrogens with zero attached hydrogens (tertiary/aromatic N) is 1. The van der Waals surface area contributed by atoms with Crippen LogP contribution in [0, 0.1) is 5.92 Å². The van der Waals surface area contributed by atoms with Crippen molar-refractivity contribution in [1.29, 1.82) is 0 Å². The Morgan fingerprint density at radius 1 is 1.25 bits per heavy atom. The van der Waals surface area contributed by atoms with Crippen molar-refractivity contribution in [1.82, 2.24) is 4.31 Å². The maximum atomic E-state index is 12.5. The van der Waals surface area contributed by atoms with Crippen molar-refractivity contribution in [3.63, 3.8) is 0 Å². The lowest BCUT2D eigenvalue weighted by atomic mass is 10.3. The van der Waals surface area contributed by atoms with Gasteiger partial charge in [-0.15, -0.1) is 0 Å². The molecule has 0 aliphatic heterocycles. The summed E-state index contributed by atoms with van der Waals surface area (Å²) < 4.78 is 31.2. The molecule has 0 saturated heterocycles. The van der Waals surface area contributed by atoms with Crippen LogP contribution in [0.5, 0.6) is 0 Å². The van der Waals surface area contributed by atoms with E-state index in [0.29, 0.717) is 18.8 Å². The van der Waals surface area contributed by atoms with Crippen LogP contribution >= 0.6 is 0 Å². The molecule has 0 bridgehead atoms. The number of esters is 1. The molecule has 1 aliphatic rings. The molecular formula is C16H22N2O5S. The van der Waals surface area contributed by atoms with Crippen molar-refractivity contribution in [2.75, 3.05) is 25.0 Å². The topological polar surface area (TPSA) is 92.8 Å². The molecule has 0 aromatic heterocycles. The molecular weight excluding hydrogens is 332 g/mol. The van der Waals surface area contributed by atoms with E-state index in [0.717, 1.165) is 12.8 Å². The summed E-state index contributed by atoms with van der Waals surface area (Å²) in [5, 5.41) is 2.54. The summed E-state index contributed by atoms with van der Waals surface area (Å²) >= 11 is 0. The molecule has 1 aliphatic carbocycles. The smallest absolute Gasteiger partial charge is 0.309 e. The van der Waals surface area contributed by atoms with Gasteiger partial charge in [-0.3, -0.25) is 9.59 Å². The molecule has 0 heterocycles. The van der Waals surface area contributed by atoms with Gasteiger partial charge in [0.2, 0.25) is 10.0 Å². The van der Waals surface area contributed by atoms with Gasteiger partial charge >= 0.3 is 5.97 Å². The van der Waals surface area contributed by atoms with Crippen LogP contribution in [0.4, 0.5) is 5.69 Å². The molecule has 0 radical (unpaired) electrons. The Bertz CT molecular complexity index is 709. The molecule has 1 N–H and O–H groups in total. The third-order valence-corrected chi connectivity index (χ3v) is 5.76. The van der Waals surface area contributed by atoms with E-state index < -0.39 is 15.9 Å². The summed E-state index contributed by atoms with van der Waals surface area (Å²) in [5.41, 5.74) is 0.343. The Hall–Kier alpha value is -1.93. The molecule has 0 unspecified atom stereocenters. The number of carbonyl (C=O) groups is 2. The van der Waals surface area contributed by atoms with E-state index in [9.17, 15) is 18.0 Å². The predicted octanol–water partition coefficient (Wildman–Crippen LogP) is 1.61. The Labute approximate surface area is 142 Å². The third kappa shape index (κ3) is 4.55. The number of ether oxygens (including phenoxy) is 1. The van der Waals surface area contributed by atoms with E-state index in [2.05, 4.69) is 5.32 Å². The fraction of sp³-hybridized carbons (Fsp3) is 0.500. The van der Waals surface area contributed by atoms with Crippen molar-refractivity contribution < 1.29 is 22.7 Å². The van der Waals surface area contributed by atoms with Gasteiger partial charge in [0.1, 0.15) is 0 Å². The highest BCUT2D eigenvalue weighted by Crippen LogP contribution is 2.30. The Morgan fingerprint density at radius 3 is 2.50 bits per heavy atom. The van der Waals surface area contributed by atoms with Crippen LogP contribution in [-0.4, -0.2) is 44.3 Å². The van der Waals surface area contributed by atoms with Gasteiger partial charge in [0.05, 0.1) is 10.8 Å². The molecule has 24 heavy (non-hydrogen) atoms. The van der Waals surface area contributed by atoms with E-state index in [1.54, 1.807) is 26.0 Å². The lowest BCUT2D eigenvalue weighted by molar-refractivity contribution is -0.148. The average molecular weight is 354 g/mol. The van der Waals surface area contributed by atoms with Crippen LogP contribution in [0.15, 0.2) is 29.2 Å².